The van der Waals surface area contributed by atoms with E-state index in [1.54, 1.807) is 29.9 Å². The predicted molar refractivity (Wildman–Crippen MR) is 110 cm³/mol. The number of nitrogens with zero attached hydrogens (tertiary/aromatic N) is 3. The molecule has 2 fully saturated rings. The van der Waals surface area contributed by atoms with Crippen LogP contribution in [0, 0.1) is 0 Å². The van der Waals surface area contributed by atoms with Gasteiger partial charge in [0.25, 0.3) is 0 Å². The van der Waals surface area contributed by atoms with Gasteiger partial charge in [-0.25, -0.2) is 13.2 Å². The average Bonchev–Trinajstić information content (AvgIpc) is 3.21. The van der Waals surface area contributed by atoms with E-state index in [0.717, 1.165) is 5.39 Å². The second kappa shape index (κ2) is 7.68. The molecule has 2 aliphatic rings. The Morgan fingerprint density at radius 1 is 1.13 bits per heavy atom. The van der Waals surface area contributed by atoms with Gasteiger partial charge in [0.2, 0.25) is 0 Å². The highest BCUT2D eigenvalue weighted by Crippen LogP contribution is 2.32. The molecule has 0 aliphatic carbocycles. The minimum absolute atomic E-state index is 0.0208. The summed E-state index contributed by atoms with van der Waals surface area (Å²) < 4.78 is 25.3. The number of aromatic nitrogens is 1. The van der Waals surface area contributed by atoms with Gasteiger partial charge in [0.1, 0.15) is 6.04 Å². The molecule has 0 amide bonds. The van der Waals surface area contributed by atoms with Crippen LogP contribution in [0.25, 0.3) is 10.9 Å². The molecule has 1 aromatic carbocycles. The number of carboxylic acids is 2. The lowest BCUT2D eigenvalue weighted by molar-refractivity contribution is -0.144. The summed E-state index contributed by atoms with van der Waals surface area (Å²) in [7, 11) is -1.18. The number of rotatable bonds is 5. The Balaban J connectivity index is 1.57. The zero-order chi connectivity index (χ0) is 21.6. The largest absolute Gasteiger partial charge is 0.480 e. The van der Waals surface area contributed by atoms with Crippen molar-refractivity contribution < 1.29 is 28.2 Å². The molecule has 0 saturated carbocycles. The zero-order valence-electron chi connectivity index (χ0n) is 16.7. The lowest BCUT2D eigenvalue weighted by atomic mass is 10.0. The van der Waals surface area contributed by atoms with Gasteiger partial charge in [-0.3, -0.25) is 14.6 Å². The van der Waals surface area contributed by atoms with Crippen LogP contribution in [-0.2, 0) is 21.7 Å². The monoisotopic (exact) mass is 435 g/mol. The molecule has 10 heteroatoms. The maximum absolute atomic E-state index is 12.2. The molecule has 2 aliphatic heterocycles. The van der Waals surface area contributed by atoms with E-state index in [1.165, 1.54) is 6.07 Å². The third kappa shape index (κ3) is 3.82. The highest BCUT2D eigenvalue weighted by atomic mass is 32.2. The maximum Gasteiger partial charge on any atom is 0.335 e. The van der Waals surface area contributed by atoms with E-state index < -0.39 is 27.8 Å². The summed E-state index contributed by atoms with van der Waals surface area (Å²) in [4.78, 5) is 27.6. The molecule has 2 saturated heterocycles. The van der Waals surface area contributed by atoms with E-state index in [2.05, 4.69) is 4.90 Å². The molecule has 2 atom stereocenters. The van der Waals surface area contributed by atoms with E-state index in [9.17, 15) is 28.2 Å². The third-order valence-corrected chi connectivity index (χ3v) is 7.99. The average molecular weight is 436 g/mol. The van der Waals surface area contributed by atoms with Crippen LogP contribution in [0.15, 0.2) is 24.4 Å². The molecule has 2 aromatic rings. The molecule has 30 heavy (non-hydrogen) atoms. The minimum Gasteiger partial charge on any atom is -0.480 e. The Morgan fingerprint density at radius 3 is 2.40 bits per heavy atom. The zero-order valence-corrected chi connectivity index (χ0v) is 17.5. The lowest BCUT2D eigenvalue weighted by Crippen LogP contribution is -2.52. The molecule has 0 unspecified atom stereocenters. The number of hydrogen-bond donors (Lipinski definition) is 2. The van der Waals surface area contributed by atoms with Gasteiger partial charge in [0.05, 0.1) is 17.1 Å². The van der Waals surface area contributed by atoms with Crippen molar-refractivity contribution in [3.63, 3.8) is 0 Å². The summed E-state index contributed by atoms with van der Waals surface area (Å²) in [5, 5.41) is 20.0. The first-order valence-electron chi connectivity index (χ1n) is 9.90. The number of carbonyl (C=O) groups is 2. The second-order valence-corrected chi connectivity index (χ2v) is 10.3. The van der Waals surface area contributed by atoms with Crippen molar-refractivity contribution in [3.8, 4) is 0 Å². The summed E-state index contributed by atoms with van der Waals surface area (Å²) in [6.07, 6.45) is 2.39. The Morgan fingerprint density at radius 2 is 1.83 bits per heavy atom. The number of carboxylic acid groups (broad SMARTS) is 2. The van der Waals surface area contributed by atoms with Crippen LogP contribution in [0.4, 0.5) is 0 Å². The summed E-state index contributed by atoms with van der Waals surface area (Å²) in [5.74, 6) is -1.57. The molecule has 0 bridgehead atoms. The Kier molecular flexibility index (Phi) is 5.33. The number of hydrogen-bond acceptors (Lipinski definition) is 6. The van der Waals surface area contributed by atoms with Crippen molar-refractivity contribution in [3.05, 3.63) is 35.5 Å². The first kappa shape index (κ1) is 20.8. The Hall–Kier alpha value is -2.43. The fourth-order valence-corrected chi connectivity index (χ4v) is 6.44. The van der Waals surface area contributed by atoms with Gasteiger partial charge in [-0.2, -0.15) is 0 Å². The van der Waals surface area contributed by atoms with Crippen LogP contribution in [-0.4, -0.2) is 88.7 Å². The second-order valence-electron chi connectivity index (χ2n) is 8.10. The number of aryl methyl sites for hydroxylation is 1. The molecular weight excluding hydrogens is 410 g/mol. The normalized spacial score (nSPS) is 23.6. The molecular formula is C20H25N3O6S. The number of fused-ring (bicyclic) bond motifs is 1. The van der Waals surface area contributed by atoms with Gasteiger partial charge in [0.15, 0.2) is 9.84 Å². The van der Waals surface area contributed by atoms with Gasteiger partial charge in [-0.1, -0.05) is 6.07 Å². The van der Waals surface area contributed by atoms with Crippen LogP contribution in [0.1, 0.15) is 28.4 Å². The summed E-state index contributed by atoms with van der Waals surface area (Å²) >= 11 is 0. The van der Waals surface area contributed by atoms with Crippen LogP contribution in [0.2, 0.25) is 0 Å². The first-order chi connectivity index (χ1) is 14.2. The van der Waals surface area contributed by atoms with Crippen LogP contribution in [0.3, 0.4) is 0 Å². The smallest absolute Gasteiger partial charge is 0.335 e. The van der Waals surface area contributed by atoms with Gasteiger partial charge in [0, 0.05) is 61.9 Å². The molecule has 4 rings (SSSR count). The Labute approximate surface area is 174 Å². The maximum atomic E-state index is 12.2. The van der Waals surface area contributed by atoms with E-state index in [0.29, 0.717) is 43.7 Å². The molecule has 9 nitrogen and oxygen atoms in total. The fraction of sp³-hybridized carbons (Fsp3) is 0.500. The topological polar surface area (TPSA) is 120 Å². The van der Waals surface area contributed by atoms with Crippen LogP contribution >= 0.6 is 0 Å². The number of aliphatic carboxylic acids is 1. The fourth-order valence-electron chi connectivity index (χ4n) is 4.68. The SMILES string of the molecule is Cn1cc([C@@H](C(=O)O)N2CCN([C@H]3CCS(=O)(=O)C3)CC2)c2ccc(C(=O)O)cc21. The third-order valence-electron chi connectivity index (χ3n) is 6.24. The van der Waals surface area contributed by atoms with Gasteiger partial charge in [-0.05, 0) is 18.6 Å². The van der Waals surface area contributed by atoms with E-state index in [-0.39, 0.29) is 23.1 Å². The molecule has 0 spiro atoms. The van der Waals surface area contributed by atoms with E-state index in [1.807, 2.05) is 4.90 Å². The van der Waals surface area contributed by atoms with Crippen molar-refractivity contribution in [1.82, 2.24) is 14.4 Å². The molecule has 0 radical (unpaired) electrons. The highest BCUT2D eigenvalue weighted by Gasteiger charge is 2.37. The van der Waals surface area contributed by atoms with Crippen molar-refractivity contribution in [2.45, 2.75) is 18.5 Å². The van der Waals surface area contributed by atoms with Gasteiger partial charge >= 0.3 is 11.9 Å². The number of benzene rings is 1. The minimum atomic E-state index is -2.96. The number of piperazine rings is 1. The summed E-state index contributed by atoms with van der Waals surface area (Å²) in [5.41, 5.74) is 1.46. The lowest BCUT2D eigenvalue weighted by Gasteiger charge is -2.40. The van der Waals surface area contributed by atoms with Gasteiger partial charge < -0.3 is 14.8 Å². The van der Waals surface area contributed by atoms with E-state index >= 15 is 0 Å². The van der Waals surface area contributed by atoms with Crippen LogP contribution < -0.4 is 0 Å². The number of aromatic carboxylic acids is 1. The number of sulfone groups is 1. The molecule has 1 aromatic heterocycles. The Bertz CT molecular complexity index is 1100. The van der Waals surface area contributed by atoms with Crippen molar-refractivity contribution in [2.75, 3.05) is 37.7 Å². The van der Waals surface area contributed by atoms with Crippen molar-refractivity contribution in [1.29, 1.82) is 0 Å². The van der Waals surface area contributed by atoms with Gasteiger partial charge in [-0.15, -0.1) is 0 Å². The molecule has 3 heterocycles. The first-order valence-corrected chi connectivity index (χ1v) is 11.7. The predicted octanol–water partition coefficient (Wildman–Crippen LogP) is 0.807. The highest BCUT2D eigenvalue weighted by molar-refractivity contribution is 7.91. The van der Waals surface area contributed by atoms with Crippen molar-refractivity contribution in [2.24, 2.45) is 7.05 Å². The quantitative estimate of drug-likeness (QED) is 0.708. The molecule has 162 valence electrons. The van der Waals surface area contributed by atoms with Crippen molar-refractivity contribution >= 4 is 32.7 Å². The standard InChI is InChI=1S/C20H25N3O6S/c1-21-11-16(15-3-2-13(19(24)25)10-17(15)21)18(20(26)27)23-7-5-22(6-8-23)14-4-9-30(28,29)12-14/h2-3,10-11,14,18H,4-9,12H2,1H3,(H,24,25)(H,26,27)/t14-,18-/m0/s1. The van der Waals surface area contributed by atoms with Crippen LogP contribution in [0.5, 0.6) is 0 Å². The molecule has 2 N–H and O–H groups in total. The van der Waals surface area contributed by atoms with E-state index in [4.69, 9.17) is 0 Å². The summed E-state index contributed by atoms with van der Waals surface area (Å²) in [6, 6.07) is 3.89. The summed E-state index contributed by atoms with van der Waals surface area (Å²) in [6.45, 7) is 2.30.